The van der Waals surface area contributed by atoms with E-state index in [2.05, 4.69) is 9.97 Å². The third-order valence-electron chi connectivity index (χ3n) is 5.18. The van der Waals surface area contributed by atoms with E-state index in [0.717, 1.165) is 16.9 Å². The maximum atomic E-state index is 13.0. The molecule has 0 unspecified atom stereocenters. The number of benzene rings is 2. The molecule has 0 atom stereocenters. The van der Waals surface area contributed by atoms with Crippen LogP contribution in [0.4, 0.5) is 0 Å². The molecule has 28 heavy (non-hydrogen) atoms. The van der Waals surface area contributed by atoms with Gasteiger partial charge >= 0.3 is 0 Å². The molecule has 2 aromatic carbocycles. The Bertz CT molecular complexity index is 1150. The number of aromatic amines is 1. The van der Waals surface area contributed by atoms with Gasteiger partial charge in [-0.25, -0.2) is 13.4 Å². The Morgan fingerprint density at radius 2 is 1.93 bits per heavy atom. The van der Waals surface area contributed by atoms with Gasteiger partial charge in [0.2, 0.25) is 10.0 Å². The van der Waals surface area contributed by atoms with E-state index in [4.69, 9.17) is 11.6 Å². The number of aromatic nitrogens is 2. The molecular weight excluding hydrogens is 398 g/mol. The van der Waals surface area contributed by atoms with Crippen molar-refractivity contribution in [1.29, 1.82) is 0 Å². The molecule has 1 fully saturated rings. The van der Waals surface area contributed by atoms with Crippen LogP contribution in [0.1, 0.15) is 41.9 Å². The number of rotatable bonds is 4. The number of carbonyl (C=O) groups is 1. The lowest BCUT2D eigenvalue weighted by atomic mass is 9.97. The number of nitrogens with one attached hydrogen (secondary N) is 1. The number of imidazole rings is 1. The minimum atomic E-state index is -3.62. The number of fused-ring (bicyclic) bond motifs is 1. The molecule has 1 aromatic heterocycles. The maximum absolute atomic E-state index is 13.0. The van der Waals surface area contributed by atoms with Crippen LogP contribution in [-0.4, -0.2) is 41.6 Å². The maximum Gasteiger partial charge on any atom is 0.243 e. The van der Waals surface area contributed by atoms with Crippen LogP contribution in [0.25, 0.3) is 11.0 Å². The summed E-state index contributed by atoms with van der Waals surface area (Å²) in [4.78, 5) is 19.7. The Morgan fingerprint density at radius 3 is 2.64 bits per heavy atom. The summed E-state index contributed by atoms with van der Waals surface area (Å²) in [6, 6.07) is 11.7. The Balaban J connectivity index is 1.51. The first-order valence-electron chi connectivity index (χ1n) is 9.11. The molecule has 3 aromatic rings. The second kappa shape index (κ2) is 7.31. The number of sulfonamides is 1. The minimum Gasteiger partial charge on any atom is -0.342 e. The predicted octanol–water partition coefficient (Wildman–Crippen LogP) is 3.99. The van der Waals surface area contributed by atoms with Gasteiger partial charge in [0.05, 0.1) is 15.9 Å². The molecule has 8 heteroatoms. The fourth-order valence-electron chi connectivity index (χ4n) is 3.59. The highest BCUT2D eigenvalue weighted by atomic mass is 35.5. The smallest absolute Gasteiger partial charge is 0.243 e. The fourth-order valence-corrected chi connectivity index (χ4v) is 5.28. The fraction of sp³-hybridized carbons (Fsp3) is 0.300. The minimum absolute atomic E-state index is 0.152. The lowest BCUT2D eigenvalue weighted by Crippen LogP contribution is -2.38. The van der Waals surface area contributed by atoms with Crippen molar-refractivity contribution >= 4 is 38.4 Å². The summed E-state index contributed by atoms with van der Waals surface area (Å²) in [5.41, 5.74) is 2.14. The van der Waals surface area contributed by atoms with Crippen molar-refractivity contribution in [1.82, 2.24) is 14.3 Å². The quantitative estimate of drug-likeness (QED) is 0.650. The zero-order valence-corrected chi connectivity index (χ0v) is 16.9. The summed E-state index contributed by atoms with van der Waals surface area (Å²) in [6.45, 7) is 2.25. The summed E-state index contributed by atoms with van der Waals surface area (Å²) in [5, 5.41) is 0.649. The number of halogens is 1. The first kappa shape index (κ1) is 19.1. The van der Waals surface area contributed by atoms with E-state index < -0.39 is 10.0 Å². The normalized spacial score (nSPS) is 16.5. The van der Waals surface area contributed by atoms with Crippen molar-refractivity contribution in [3.05, 3.63) is 58.9 Å². The Hall–Kier alpha value is -2.22. The Kier molecular flexibility index (Phi) is 4.99. The van der Waals surface area contributed by atoms with E-state index in [1.807, 2.05) is 12.1 Å². The molecule has 6 nitrogen and oxygen atoms in total. The molecule has 0 amide bonds. The van der Waals surface area contributed by atoms with Crippen LogP contribution in [0.2, 0.25) is 5.02 Å². The predicted molar refractivity (Wildman–Crippen MR) is 108 cm³/mol. The number of H-pyrrole nitrogens is 1. The number of hydrogen-bond acceptors (Lipinski definition) is 4. The molecule has 146 valence electrons. The number of piperidine rings is 1. The van der Waals surface area contributed by atoms with Gasteiger partial charge in [0.1, 0.15) is 5.82 Å². The number of Topliss-reactive ketones (excluding diaryl/α,β-unsaturated/α-hetero) is 1. The second-order valence-corrected chi connectivity index (χ2v) is 9.42. The number of carbonyl (C=O) groups excluding carboxylic acids is 1. The van der Waals surface area contributed by atoms with Gasteiger partial charge in [-0.15, -0.1) is 0 Å². The summed E-state index contributed by atoms with van der Waals surface area (Å²) < 4.78 is 27.4. The van der Waals surface area contributed by atoms with Crippen molar-refractivity contribution in [3.8, 4) is 0 Å². The average Bonchev–Trinajstić information content (AvgIpc) is 3.11. The largest absolute Gasteiger partial charge is 0.342 e. The van der Waals surface area contributed by atoms with Gasteiger partial charge in [-0.2, -0.15) is 4.31 Å². The first-order chi connectivity index (χ1) is 13.3. The van der Waals surface area contributed by atoms with E-state index in [1.165, 1.54) is 23.4 Å². The SMILES string of the molecule is CC(=O)c1cccc(S(=O)(=O)N2CCC(c3nc4ccc(Cl)cc4[nH]3)CC2)c1. The van der Waals surface area contributed by atoms with Crippen LogP contribution in [-0.2, 0) is 10.0 Å². The number of nitrogens with zero attached hydrogens (tertiary/aromatic N) is 2. The van der Waals surface area contributed by atoms with E-state index in [0.29, 0.717) is 36.5 Å². The molecule has 0 aliphatic carbocycles. The Labute approximate surface area is 168 Å². The molecule has 1 aliphatic heterocycles. The van der Waals surface area contributed by atoms with Crippen LogP contribution in [0.3, 0.4) is 0 Å². The van der Waals surface area contributed by atoms with Crippen molar-refractivity contribution in [2.24, 2.45) is 0 Å². The van der Waals surface area contributed by atoms with Gasteiger partial charge in [-0.3, -0.25) is 4.79 Å². The van der Waals surface area contributed by atoms with Gasteiger partial charge in [-0.05, 0) is 50.1 Å². The van der Waals surface area contributed by atoms with E-state index in [1.54, 1.807) is 18.2 Å². The zero-order chi connectivity index (χ0) is 19.9. The molecule has 0 bridgehead atoms. The molecule has 0 saturated carbocycles. The van der Waals surface area contributed by atoms with E-state index in [9.17, 15) is 13.2 Å². The van der Waals surface area contributed by atoms with Crippen LogP contribution in [0.5, 0.6) is 0 Å². The number of ketones is 1. The molecule has 1 N–H and O–H groups in total. The van der Waals surface area contributed by atoms with Gasteiger partial charge < -0.3 is 4.98 Å². The summed E-state index contributed by atoms with van der Waals surface area (Å²) >= 11 is 6.03. The lowest BCUT2D eigenvalue weighted by Gasteiger charge is -2.30. The second-order valence-electron chi connectivity index (χ2n) is 7.05. The summed E-state index contributed by atoms with van der Waals surface area (Å²) in [7, 11) is -3.62. The van der Waals surface area contributed by atoms with Crippen LogP contribution >= 0.6 is 11.6 Å². The first-order valence-corrected chi connectivity index (χ1v) is 10.9. The molecule has 1 saturated heterocycles. The highest BCUT2D eigenvalue weighted by Gasteiger charge is 2.31. The van der Waals surface area contributed by atoms with Crippen molar-refractivity contribution < 1.29 is 13.2 Å². The Morgan fingerprint density at radius 1 is 1.18 bits per heavy atom. The topological polar surface area (TPSA) is 83.1 Å². The lowest BCUT2D eigenvalue weighted by molar-refractivity contribution is 0.101. The van der Waals surface area contributed by atoms with Gasteiger partial charge in [-0.1, -0.05) is 23.7 Å². The van der Waals surface area contributed by atoms with Crippen molar-refractivity contribution in [3.63, 3.8) is 0 Å². The standard InChI is InChI=1S/C20H20ClN3O3S/c1-13(25)15-3-2-4-17(11-15)28(26,27)24-9-7-14(8-10-24)20-22-18-6-5-16(21)12-19(18)23-20/h2-6,11-12,14H,7-10H2,1H3,(H,22,23). The van der Waals surface area contributed by atoms with E-state index in [-0.39, 0.29) is 16.6 Å². The molecule has 4 rings (SSSR count). The third-order valence-corrected chi connectivity index (χ3v) is 7.31. The zero-order valence-electron chi connectivity index (χ0n) is 15.4. The van der Waals surface area contributed by atoms with Gasteiger partial charge in [0.25, 0.3) is 0 Å². The van der Waals surface area contributed by atoms with E-state index >= 15 is 0 Å². The van der Waals surface area contributed by atoms with Crippen LogP contribution < -0.4 is 0 Å². The average molecular weight is 418 g/mol. The monoisotopic (exact) mass is 417 g/mol. The summed E-state index contributed by atoms with van der Waals surface area (Å²) in [5.74, 6) is 0.884. The van der Waals surface area contributed by atoms with Gasteiger partial charge in [0.15, 0.2) is 5.78 Å². The van der Waals surface area contributed by atoms with Crippen LogP contribution in [0.15, 0.2) is 47.4 Å². The van der Waals surface area contributed by atoms with Crippen LogP contribution in [0, 0.1) is 0 Å². The third kappa shape index (κ3) is 3.57. The molecule has 0 radical (unpaired) electrons. The number of hydrogen-bond donors (Lipinski definition) is 1. The van der Waals surface area contributed by atoms with Crippen molar-refractivity contribution in [2.45, 2.75) is 30.6 Å². The van der Waals surface area contributed by atoms with Gasteiger partial charge in [0, 0.05) is 29.6 Å². The molecular formula is C20H20ClN3O3S. The highest BCUT2D eigenvalue weighted by molar-refractivity contribution is 7.89. The molecule has 1 aliphatic rings. The van der Waals surface area contributed by atoms with Crippen molar-refractivity contribution in [2.75, 3.05) is 13.1 Å². The summed E-state index contributed by atoms with van der Waals surface area (Å²) in [6.07, 6.45) is 1.36. The molecule has 0 spiro atoms. The highest BCUT2D eigenvalue weighted by Crippen LogP contribution is 2.31. The molecule has 2 heterocycles.